The van der Waals surface area contributed by atoms with Gasteiger partial charge in [0.05, 0.1) is 7.11 Å². The van der Waals surface area contributed by atoms with E-state index in [1.165, 1.54) is 19.2 Å². The molecule has 1 heterocycles. The fraction of sp³-hybridized carbons (Fsp3) is 0.350. The third-order valence-electron chi connectivity index (χ3n) is 4.18. The minimum atomic E-state index is -0.554. The highest BCUT2D eigenvalue weighted by molar-refractivity contribution is 7.99. The van der Waals surface area contributed by atoms with E-state index in [0.29, 0.717) is 23.6 Å². The smallest absolute Gasteiger partial charge is 0.225 e. The van der Waals surface area contributed by atoms with Crippen LogP contribution in [0, 0.1) is 12.7 Å². The van der Waals surface area contributed by atoms with Crippen molar-refractivity contribution in [3.05, 3.63) is 47.8 Å². The summed E-state index contributed by atoms with van der Waals surface area (Å²) in [4.78, 5) is 12.2. The van der Waals surface area contributed by atoms with Crippen LogP contribution in [-0.2, 0) is 4.79 Å². The number of nitrogens with one attached hydrogen (secondary N) is 2. The number of rotatable bonds is 6. The summed E-state index contributed by atoms with van der Waals surface area (Å²) in [6, 6.07) is 9.96. The van der Waals surface area contributed by atoms with Gasteiger partial charge in [-0.15, -0.1) is 0 Å². The van der Waals surface area contributed by atoms with Crippen molar-refractivity contribution >= 4 is 23.4 Å². The second kappa shape index (κ2) is 9.10. The van der Waals surface area contributed by atoms with E-state index in [2.05, 4.69) is 10.6 Å². The van der Waals surface area contributed by atoms with E-state index >= 15 is 0 Å². The number of ether oxygens (including phenoxy) is 2. The zero-order valence-electron chi connectivity index (χ0n) is 15.4. The number of hydrogen-bond donors (Lipinski definition) is 2. The van der Waals surface area contributed by atoms with Crippen LogP contribution in [0.1, 0.15) is 12.0 Å². The number of halogens is 1. The number of carbonyl (C=O) groups excluding carboxylic acids is 1. The molecule has 7 heteroatoms. The molecule has 2 N–H and O–H groups in total. The lowest BCUT2D eigenvalue weighted by Crippen LogP contribution is -2.39. The van der Waals surface area contributed by atoms with Crippen molar-refractivity contribution in [2.45, 2.75) is 19.4 Å². The summed E-state index contributed by atoms with van der Waals surface area (Å²) < 4.78 is 25.3. The summed E-state index contributed by atoms with van der Waals surface area (Å²) in [7, 11) is 1.54. The highest BCUT2D eigenvalue weighted by Gasteiger charge is 2.17. The second-order valence-corrected chi connectivity index (χ2v) is 7.53. The van der Waals surface area contributed by atoms with Gasteiger partial charge in [-0.2, -0.15) is 11.8 Å². The van der Waals surface area contributed by atoms with Gasteiger partial charge in [-0.3, -0.25) is 4.79 Å². The largest absolute Gasteiger partial charge is 0.493 e. The monoisotopic (exact) mass is 390 g/mol. The van der Waals surface area contributed by atoms with Crippen LogP contribution >= 0.6 is 11.8 Å². The zero-order valence-corrected chi connectivity index (χ0v) is 16.2. The van der Waals surface area contributed by atoms with Gasteiger partial charge in [-0.05, 0) is 36.8 Å². The normalized spacial score (nSPS) is 16.6. The van der Waals surface area contributed by atoms with E-state index in [0.717, 1.165) is 23.6 Å². The standard InChI is InChI=1S/C20H23FN2O3S/c1-13-3-5-18(19(9-13)25-2)26-17-6-4-14(10-16(17)21)23-20(24)11-15-12-27-8-7-22-15/h3-6,9-10,15,22H,7-8,11-12H2,1-2H3,(H,23,24). The van der Waals surface area contributed by atoms with Crippen LogP contribution in [0.25, 0.3) is 0 Å². The Labute approximate surface area is 162 Å². The lowest BCUT2D eigenvalue weighted by Gasteiger charge is -2.22. The molecule has 1 amide bonds. The molecule has 2 aromatic rings. The Hall–Kier alpha value is -2.25. The van der Waals surface area contributed by atoms with Gasteiger partial charge < -0.3 is 20.1 Å². The topological polar surface area (TPSA) is 59.6 Å². The van der Waals surface area contributed by atoms with Gasteiger partial charge in [0.25, 0.3) is 0 Å². The maximum atomic E-state index is 14.4. The van der Waals surface area contributed by atoms with Gasteiger partial charge in [0.15, 0.2) is 23.1 Å². The van der Waals surface area contributed by atoms with Gasteiger partial charge >= 0.3 is 0 Å². The number of anilines is 1. The Morgan fingerprint density at radius 2 is 2.07 bits per heavy atom. The number of amides is 1. The van der Waals surface area contributed by atoms with Crippen molar-refractivity contribution in [3.8, 4) is 17.2 Å². The summed E-state index contributed by atoms with van der Waals surface area (Å²) >= 11 is 1.83. The maximum absolute atomic E-state index is 14.4. The Bertz CT molecular complexity index is 810. The van der Waals surface area contributed by atoms with Crippen molar-refractivity contribution in [1.82, 2.24) is 5.32 Å². The summed E-state index contributed by atoms with van der Waals surface area (Å²) in [5, 5.41) is 6.05. The lowest BCUT2D eigenvalue weighted by atomic mass is 10.2. The fourth-order valence-electron chi connectivity index (χ4n) is 2.83. The molecule has 144 valence electrons. The first-order chi connectivity index (χ1) is 13.0. The molecule has 0 saturated carbocycles. The summed E-state index contributed by atoms with van der Waals surface area (Å²) in [5.74, 6) is 2.32. The molecule has 1 aliphatic rings. The summed E-state index contributed by atoms with van der Waals surface area (Å²) in [6.07, 6.45) is 0.368. The molecule has 1 unspecified atom stereocenters. The fourth-order valence-corrected chi connectivity index (χ4v) is 3.77. The van der Waals surface area contributed by atoms with E-state index in [-0.39, 0.29) is 17.7 Å². The molecule has 2 aromatic carbocycles. The van der Waals surface area contributed by atoms with Crippen LogP contribution in [0.3, 0.4) is 0 Å². The minimum Gasteiger partial charge on any atom is -0.493 e. The van der Waals surface area contributed by atoms with E-state index < -0.39 is 5.82 Å². The first-order valence-electron chi connectivity index (χ1n) is 8.78. The van der Waals surface area contributed by atoms with Crippen LogP contribution in [0.5, 0.6) is 17.2 Å². The molecule has 0 bridgehead atoms. The van der Waals surface area contributed by atoms with E-state index in [1.54, 1.807) is 12.1 Å². The third kappa shape index (κ3) is 5.37. The molecule has 1 atom stereocenters. The van der Waals surface area contributed by atoms with Gasteiger partial charge in [0.2, 0.25) is 5.91 Å². The third-order valence-corrected chi connectivity index (χ3v) is 5.32. The number of hydrogen-bond acceptors (Lipinski definition) is 5. The molecule has 0 aliphatic carbocycles. The molecule has 1 saturated heterocycles. The van der Waals surface area contributed by atoms with E-state index in [4.69, 9.17) is 9.47 Å². The van der Waals surface area contributed by atoms with Crippen LogP contribution < -0.4 is 20.1 Å². The van der Waals surface area contributed by atoms with E-state index in [9.17, 15) is 9.18 Å². The number of thioether (sulfide) groups is 1. The predicted molar refractivity (Wildman–Crippen MR) is 107 cm³/mol. The molecule has 0 spiro atoms. The van der Waals surface area contributed by atoms with Crippen LogP contribution in [0.2, 0.25) is 0 Å². The molecule has 0 aromatic heterocycles. The number of carbonyl (C=O) groups is 1. The summed E-state index contributed by atoms with van der Waals surface area (Å²) in [5.41, 5.74) is 1.42. The average Bonchev–Trinajstić information content (AvgIpc) is 2.65. The second-order valence-electron chi connectivity index (χ2n) is 6.38. The van der Waals surface area contributed by atoms with Crippen molar-refractivity contribution in [1.29, 1.82) is 0 Å². The van der Waals surface area contributed by atoms with Crippen LogP contribution in [0.4, 0.5) is 10.1 Å². The van der Waals surface area contributed by atoms with Crippen molar-refractivity contribution in [2.24, 2.45) is 0 Å². The number of methoxy groups -OCH3 is 1. The highest BCUT2D eigenvalue weighted by atomic mass is 32.2. The molecule has 0 radical (unpaired) electrons. The summed E-state index contributed by atoms with van der Waals surface area (Å²) in [6.45, 7) is 2.84. The van der Waals surface area contributed by atoms with E-state index in [1.807, 2.05) is 30.8 Å². The minimum absolute atomic E-state index is 0.0699. The van der Waals surface area contributed by atoms with Crippen molar-refractivity contribution < 1.29 is 18.7 Å². The average molecular weight is 390 g/mol. The number of aryl methyl sites for hydroxylation is 1. The first-order valence-corrected chi connectivity index (χ1v) is 9.93. The van der Waals surface area contributed by atoms with Crippen LogP contribution in [-0.4, -0.2) is 37.1 Å². The number of benzene rings is 2. The Morgan fingerprint density at radius 3 is 2.78 bits per heavy atom. The molecule has 5 nitrogen and oxygen atoms in total. The highest BCUT2D eigenvalue weighted by Crippen LogP contribution is 2.34. The van der Waals surface area contributed by atoms with Gasteiger partial charge in [0.1, 0.15) is 0 Å². The molecule has 3 rings (SSSR count). The Balaban J connectivity index is 1.64. The van der Waals surface area contributed by atoms with Crippen molar-refractivity contribution in [2.75, 3.05) is 30.5 Å². The maximum Gasteiger partial charge on any atom is 0.225 e. The van der Waals surface area contributed by atoms with Gasteiger partial charge in [-0.25, -0.2) is 4.39 Å². The SMILES string of the molecule is COc1cc(C)ccc1Oc1ccc(NC(=O)CC2CSCCN2)cc1F. The lowest BCUT2D eigenvalue weighted by molar-refractivity contribution is -0.116. The Kier molecular flexibility index (Phi) is 6.58. The first kappa shape index (κ1) is 19.5. The van der Waals surface area contributed by atoms with Crippen LogP contribution in [0.15, 0.2) is 36.4 Å². The molecule has 1 aliphatic heterocycles. The van der Waals surface area contributed by atoms with Crippen molar-refractivity contribution in [3.63, 3.8) is 0 Å². The Morgan fingerprint density at radius 1 is 1.26 bits per heavy atom. The predicted octanol–water partition coefficient (Wildman–Crippen LogP) is 3.97. The molecular formula is C20H23FN2O3S. The van der Waals surface area contributed by atoms with Gasteiger partial charge in [-0.1, -0.05) is 6.07 Å². The quantitative estimate of drug-likeness (QED) is 0.782. The molecule has 27 heavy (non-hydrogen) atoms. The van der Waals surface area contributed by atoms with Gasteiger partial charge in [0, 0.05) is 42.3 Å². The molecule has 1 fully saturated rings. The molecular weight excluding hydrogens is 367 g/mol. The zero-order chi connectivity index (χ0) is 19.2.